The molecule has 0 saturated carbocycles. The number of benzene rings is 3. The van der Waals surface area contributed by atoms with Crippen LogP contribution in [0, 0.1) is 6.92 Å². The number of hydrogen-bond acceptors (Lipinski definition) is 4. The molecular formula is C32H36N8. The van der Waals surface area contributed by atoms with Gasteiger partial charge in [-0.25, -0.2) is 9.98 Å². The Morgan fingerprint density at radius 3 is 1.57 bits per heavy atom. The number of anilines is 3. The van der Waals surface area contributed by atoms with Gasteiger partial charge >= 0.3 is 0 Å². The normalized spacial score (nSPS) is 15.4. The Bertz CT molecular complexity index is 1510. The zero-order valence-electron chi connectivity index (χ0n) is 23.9. The molecule has 0 N–H and O–H groups in total. The van der Waals surface area contributed by atoms with Crippen molar-refractivity contribution >= 4 is 51.3 Å². The summed E-state index contributed by atoms with van der Waals surface area (Å²) in [5, 5.41) is 1.09. The van der Waals surface area contributed by atoms with E-state index >= 15 is 0 Å². The molecule has 2 aliphatic heterocycles. The lowest BCUT2D eigenvalue weighted by molar-refractivity contribution is 0.553. The summed E-state index contributed by atoms with van der Waals surface area (Å²) in [6.07, 6.45) is 0. The highest BCUT2D eigenvalue weighted by atomic mass is 15.4. The van der Waals surface area contributed by atoms with E-state index in [0.717, 1.165) is 83.1 Å². The standard InChI is InChI=1S/C32H36N8/c1-23-17-18-24-11-10-16-29(30(24)33-23)40(27-14-8-6-12-25(27)34-31-36(2)19-20-37(31)3)28-15-9-7-13-26(28)35-32-38(4)21-22-39(32)5/h6-18H,19-22H2,1-5H3. The highest BCUT2D eigenvalue weighted by Gasteiger charge is 2.26. The Hall–Kier alpha value is -4.59. The fourth-order valence-electron chi connectivity index (χ4n) is 5.43. The van der Waals surface area contributed by atoms with E-state index in [9.17, 15) is 0 Å². The third-order valence-electron chi connectivity index (χ3n) is 7.67. The van der Waals surface area contributed by atoms with Crippen molar-refractivity contribution in [1.82, 2.24) is 24.6 Å². The van der Waals surface area contributed by atoms with E-state index in [1.165, 1.54) is 0 Å². The molecule has 4 aromatic rings. The summed E-state index contributed by atoms with van der Waals surface area (Å²) in [4.78, 5) is 26.5. The molecule has 3 aromatic carbocycles. The van der Waals surface area contributed by atoms with Crippen molar-refractivity contribution in [2.24, 2.45) is 9.98 Å². The van der Waals surface area contributed by atoms with Gasteiger partial charge in [0.2, 0.25) is 11.9 Å². The van der Waals surface area contributed by atoms with Crippen LogP contribution in [0.1, 0.15) is 5.69 Å². The van der Waals surface area contributed by atoms with Crippen LogP contribution in [0.5, 0.6) is 0 Å². The third-order valence-corrected chi connectivity index (χ3v) is 7.67. The second kappa shape index (κ2) is 10.5. The van der Waals surface area contributed by atoms with Crippen molar-refractivity contribution in [3.63, 3.8) is 0 Å². The van der Waals surface area contributed by atoms with Crippen molar-refractivity contribution in [2.45, 2.75) is 6.92 Å². The van der Waals surface area contributed by atoms with Gasteiger partial charge in [0, 0.05) is 65.4 Å². The van der Waals surface area contributed by atoms with E-state index < -0.39 is 0 Å². The molecule has 2 aliphatic rings. The average molecular weight is 533 g/mol. The first-order valence-electron chi connectivity index (χ1n) is 13.8. The van der Waals surface area contributed by atoms with Gasteiger partial charge < -0.3 is 24.5 Å². The number of para-hydroxylation sites is 5. The Kier molecular flexibility index (Phi) is 6.76. The van der Waals surface area contributed by atoms with Gasteiger partial charge in [0.1, 0.15) is 0 Å². The molecule has 0 amide bonds. The fraction of sp³-hybridized carbons (Fsp3) is 0.281. The van der Waals surface area contributed by atoms with Crippen molar-refractivity contribution in [2.75, 3.05) is 59.3 Å². The largest absolute Gasteiger partial charge is 0.344 e. The Labute approximate surface area is 236 Å². The molecule has 1 aromatic heterocycles. The molecule has 2 saturated heterocycles. The molecule has 8 heteroatoms. The van der Waals surface area contributed by atoms with Crippen LogP contribution in [0.3, 0.4) is 0 Å². The fourth-order valence-corrected chi connectivity index (χ4v) is 5.43. The van der Waals surface area contributed by atoms with Gasteiger partial charge in [-0.3, -0.25) is 4.98 Å². The van der Waals surface area contributed by atoms with Crippen LogP contribution in [0.2, 0.25) is 0 Å². The molecular weight excluding hydrogens is 496 g/mol. The van der Waals surface area contributed by atoms with Crippen LogP contribution < -0.4 is 4.90 Å². The van der Waals surface area contributed by atoms with Gasteiger partial charge in [-0.05, 0) is 43.3 Å². The van der Waals surface area contributed by atoms with Gasteiger partial charge in [-0.15, -0.1) is 0 Å². The molecule has 0 unspecified atom stereocenters. The van der Waals surface area contributed by atoms with Crippen molar-refractivity contribution in [3.8, 4) is 0 Å². The summed E-state index contributed by atoms with van der Waals surface area (Å²) in [5.74, 6) is 1.92. The van der Waals surface area contributed by atoms with E-state index in [1.54, 1.807) is 0 Å². The summed E-state index contributed by atoms with van der Waals surface area (Å²) in [5.41, 5.74) is 6.63. The predicted molar refractivity (Wildman–Crippen MR) is 166 cm³/mol. The van der Waals surface area contributed by atoms with E-state index in [2.05, 4.69) is 132 Å². The number of aromatic nitrogens is 1. The van der Waals surface area contributed by atoms with Crippen LogP contribution in [0.25, 0.3) is 10.9 Å². The maximum absolute atomic E-state index is 5.20. The number of rotatable bonds is 5. The van der Waals surface area contributed by atoms with E-state index in [0.29, 0.717) is 0 Å². The lowest BCUT2D eigenvalue weighted by atomic mass is 10.1. The van der Waals surface area contributed by atoms with Gasteiger partial charge in [-0.1, -0.05) is 42.5 Å². The topological polar surface area (TPSA) is 53.8 Å². The molecule has 2 fully saturated rings. The van der Waals surface area contributed by atoms with Gasteiger partial charge in [-0.2, -0.15) is 0 Å². The first kappa shape index (κ1) is 25.7. The average Bonchev–Trinajstić information content (AvgIpc) is 3.45. The maximum Gasteiger partial charge on any atom is 0.201 e. The first-order valence-corrected chi connectivity index (χ1v) is 13.8. The smallest absolute Gasteiger partial charge is 0.201 e. The quantitative estimate of drug-likeness (QED) is 0.327. The van der Waals surface area contributed by atoms with Crippen molar-refractivity contribution in [3.05, 3.63) is 84.6 Å². The summed E-state index contributed by atoms with van der Waals surface area (Å²) in [6, 6.07) is 27.3. The number of pyridine rings is 1. The number of guanidine groups is 2. The Morgan fingerprint density at radius 2 is 1.05 bits per heavy atom. The van der Waals surface area contributed by atoms with Gasteiger partial charge in [0.15, 0.2) is 0 Å². The number of hydrogen-bond donors (Lipinski definition) is 0. The maximum atomic E-state index is 5.20. The SMILES string of the molecule is Cc1ccc2cccc(N(c3ccccc3N=C3N(C)CCN3C)c3ccccc3N=C3N(C)CCN3C)c2n1. The number of likely N-dealkylation sites (N-methyl/N-ethyl adjacent to an activating group) is 4. The highest BCUT2D eigenvalue weighted by molar-refractivity contribution is 6.01. The highest BCUT2D eigenvalue weighted by Crippen LogP contribution is 2.46. The summed E-state index contributed by atoms with van der Waals surface area (Å²) < 4.78 is 0. The van der Waals surface area contributed by atoms with E-state index in [1.807, 2.05) is 6.92 Å². The molecule has 3 heterocycles. The summed E-state index contributed by atoms with van der Waals surface area (Å²) in [6.45, 7) is 5.85. The summed E-state index contributed by atoms with van der Waals surface area (Å²) in [7, 11) is 8.39. The molecule has 0 spiro atoms. The number of aryl methyl sites for hydroxylation is 1. The van der Waals surface area contributed by atoms with E-state index in [-0.39, 0.29) is 0 Å². The zero-order chi connectivity index (χ0) is 27.8. The minimum Gasteiger partial charge on any atom is -0.344 e. The van der Waals surface area contributed by atoms with Crippen molar-refractivity contribution in [1.29, 1.82) is 0 Å². The van der Waals surface area contributed by atoms with Crippen LogP contribution in [-0.2, 0) is 0 Å². The molecule has 6 rings (SSSR count). The number of nitrogens with zero attached hydrogens (tertiary/aromatic N) is 8. The number of aliphatic imine (C=N–C) groups is 2. The van der Waals surface area contributed by atoms with E-state index in [4.69, 9.17) is 15.0 Å². The molecule has 0 radical (unpaired) electrons. The number of fused-ring (bicyclic) bond motifs is 1. The lowest BCUT2D eigenvalue weighted by Crippen LogP contribution is -2.28. The summed E-state index contributed by atoms with van der Waals surface area (Å²) >= 11 is 0. The van der Waals surface area contributed by atoms with Crippen LogP contribution in [0.4, 0.5) is 28.4 Å². The molecule has 8 nitrogen and oxygen atoms in total. The molecule has 0 atom stereocenters. The molecule has 0 bridgehead atoms. The Morgan fingerprint density at radius 1 is 0.575 bits per heavy atom. The Balaban J connectivity index is 1.62. The van der Waals surface area contributed by atoms with Crippen LogP contribution in [-0.4, -0.2) is 90.9 Å². The minimum atomic E-state index is 0.889. The van der Waals surface area contributed by atoms with Crippen LogP contribution >= 0.6 is 0 Å². The van der Waals surface area contributed by atoms with Gasteiger partial charge in [0.25, 0.3) is 0 Å². The van der Waals surface area contributed by atoms with Gasteiger partial charge in [0.05, 0.1) is 34.0 Å². The molecule has 204 valence electrons. The predicted octanol–water partition coefficient (Wildman–Crippen LogP) is 5.74. The zero-order valence-corrected chi connectivity index (χ0v) is 23.9. The molecule has 0 aliphatic carbocycles. The second-order valence-corrected chi connectivity index (χ2v) is 10.6. The first-order chi connectivity index (χ1) is 19.4. The van der Waals surface area contributed by atoms with Crippen molar-refractivity contribution < 1.29 is 0 Å². The monoisotopic (exact) mass is 532 g/mol. The second-order valence-electron chi connectivity index (χ2n) is 10.6. The third kappa shape index (κ3) is 4.70. The van der Waals surface area contributed by atoms with Crippen LogP contribution in [0.15, 0.2) is 88.8 Å². The minimum absolute atomic E-state index is 0.889. The molecule has 40 heavy (non-hydrogen) atoms. The lowest BCUT2D eigenvalue weighted by Gasteiger charge is -2.29.